The van der Waals surface area contributed by atoms with E-state index < -0.39 is 6.04 Å². The topological polar surface area (TPSA) is 76.5 Å². The van der Waals surface area contributed by atoms with Gasteiger partial charge in [-0.3, -0.25) is 9.36 Å². The second-order valence-electron chi connectivity index (χ2n) is 9.39. The Labute approximate surface area is 227 Å². The number of urea groups is 1. The molecule has 0 saturated carbocycles. The molecule has 0 aliphatic carbocycles. The van der Waals surface area contributed by atoms with Gasteiger partial charge in [0.25, 0.3) is 5.56 Å². The summed E-state index contributed by atoms with van der Waals surface area (Å²) >= 11 is 0. The number of nitrogens with zero attached hydrogens (tertiary/aromatic N) is 3. The van der Waals surface area contributed by atoms with Crippen LogP contribution in [0.15, 0.2) is 108 Å². The van der Waals surface area contributed by atoms with E-state index in [4.69, 9.17) is 9.72 Å². The van der Waals surface area contributed by atoms with Gasteiger partial charge in [0.2, 0.25) is 0 Å². The molecule has 7 heteroatoms. The SMILES string of the molecule is COc1ccccc1NC(=O)N(Cc1ccccc1)C(C)c1nc2ccccc2c(=O)n1-c1cccc(C)c1. The maximum atomic E-state index is 13.9. The fraction of sp³-hybridized carbons (Fsp3) is 0.156. The van der Waals surface area contributed by atoms with E-state index in [0.717, 1.165) is 11.1 Å². The lowest BCUT2D eigenvalue weighted by Gasteiger charge is -2.31. The first-order valence-corrected chi connectivity index (χ1v) is 12.8. The highest BCUT2D eigenvalue weighted by atomic mass is 16.5. The van der Waals surface area contributed by atoms with Crippen molar-refractivity contribution >= 4 is 22.6 Å². The summed E-state index contributed by atoms with van der Waals surface area (Å²) in [5.41, 5.74) is 3.62. The Bertz CT molecular complexity index is 1680. The van der Waals surface area contributed by atoms with E-state index in [1.54, 1.807) is 34.8 Å². The Morgan fingerprint density at radius 1 is 0.949 bits per heavy atom. The maximum absolute atomic E-state index is 13.9. The van der Waals surface area contributed by atoms with Crippen LogP contribution >= 0.6 is 0 Å². The number of hydrogen-bond acceptors (Lipinski definition) is 4. The zero-order valence-electron chi connectivity index (χ0n) is 22.2. The molecule has 0 aliphatic heterocycles. The van der Waals surface area contributed by atoms with E-state index in [9.17, 15) is 9.59 Å². The van der Waals surface area contributed by atoms with E-state index in [1.165, 1.54) is 0 Å². The molecule has 1 heterocycles. The van der Waals surface area contributed by atoms with Crippen LogP contribution in [0.5, 0.6) is 5.75 Å². The smallest absolute Gasteiger partial charge is 0.322 e. The lowest BCUT2D eigenvalue weighted by molar-refractivity contribution is 0.185. The van der Waals surface area contributed by atoms with Gasteiger partial charge in [-0.2, -0.15) is 0 Å². The van der Waals surface area contributed by atoms with Crippen molar-refractivity contribution in [1.29, 1.82) is 0 Å². The fourth-order valence-electron chi connectivity index (χ4n) is 4.69. The van der Waals surface area contributed by atoms with Gasteiger partial charge in [0.15, 0.2) is 0 Å². The van der Waals surface area contributed by atoms with Crippen LogP contribution in [-0.4, -0.2) is 27.6 Å². The molecule has 0 radical (unpaired) electrons. The van der Waals surface area contributed by atoms with Gasteiger partial charge in [-0.1, -0.05) is 66.7 Å². The Hall–Kier alpha value is -4.91. The van der Waals surface area contributed by atoms with Crippen molar-refractivity contribution in [3.8, 4) is 11.4 Å². The first-order valence-electron chi connectivity index (χ1n) is 12.8. The van der Waals surface area contributed by atoms with Crippen LogP contribution in [0.25, 0.3) is 16.6 Å². The highest BCUT2D eigenvalue weighted by molar-refractivity contribution is 5.91. The van der Waals surface area contributed by atoms with Gasteiger partial charge in [-0.15, -0.1) is 0 Å². The number of ether oxygens (including phenoxy) is 1. The molecule has 0 spiro atoms. The van der Waals surface area contributed by atoms with Crippen LogP contribution in [0.1, 0.15) is 29.9 Å². The normalized spacial score (nSPS) is 11.7. The van der Waals surface area contributed by atoms with E-state index in [0.29, 0.717) is 40.4 Å². The third-order valence-corrected chi connectivity index (χ3v) is 6.71. The number of aryl methyl sites for hydroxylation is 1. The first-order chi connectivity index (χ1) is 19.0. The third kappa shape index (κ3) is 5.38. The van der Waals surface area contributed by atoms with Crippen LogP contribution in [0.3, 0.4) is 0 Å². The van der Waals surface area contributed by atoms with Gasteiger partial charge in [0.1, 0.15) is 11.6 Å². The number of carbonyl (C=O) groups is 1. The van der Waals surface area contributed by atoms with Crippen molar-refractivity contribution < 1.29 is 9.53 Å². The molecule has 0 aliphatic rings. The number of anilines is 1. The molecule has 1 unspecified atom stereocenters. The van der Waals surface area contributed by atoms with Crippen molar-refractivity contribution in [2.45, 2.75) is 26.4 Å². The molecular weight excluding hydrogens is 488 g/mol. The quantitative estimate of drug-likeness (QED) is 0.267. The Morgan fingerprint density at radius 3 is 2.44 bits per heavy atom. The summed E-state index contributed by atoms with van der Waals surface area (Å²) in [6.45, 7) is 4.18. The highest BCUT2D eigenvalue weighted by Gasteiger charge is 2.28. The Kier molecular flexibility index (Phi) is 7.41. The number of rotatable bonds is 7. The zero-order chi connectivity index (χ0) is 27.4. The van der Waals surface area contributed by atoms with Crippen molar-refractivity contribution in [3.63, 3.8) is 0 Å². The van der Waals surface area contributed by atoms with Gasteiger partial charge >= 0.3 is 6.03 Å². The van der Waals surface area contributed by atoms with Gasteiger partial charge in [-0.05, 0) is 61.4 Å². The average molecular weight is 519 g/mol. The summed E-state index contributed by atoms with van der Waals surface area (Å²) in [6, 6.07) is 31.1. The van der Waals surface area contributed by atoms with Crippen LogP contribution in [0.2, 0.25) is 0 Å². The van der Waals surface area contributed by atoms with Crippen LogP contribution < -0.4 is 15.6 Å². The molecule has 5 aromatic rings. The molecular formula is C32H30N4O3. The summed E-state index contributed by atoms with van der Waals surface area (Å²) in [6.07, 6.45) is 0. The number of carbonyl (C=O) groups excluding carboxylic acids is 1. The summed E-state index contributed by atoms with van der Waals surface area (Å²) in [5.74, 6) is 1.02. The molecule has 1 aromatic heterocycles. The number of para-hydroxylation sites is 3. The number of aromatic nitrogens is 2. The number of benzene rings is 4. The summed E-state index contributed by atoms with van der Waals surface area (Å²) < 4.78 is 7.07. The minimum Gasteiger partial charge on any atom is -0.495 e. The fourth-order valence-corrected chi connectivity index (χ4v) is 4.69. The molecule has 0 bridgehead atoms. The molecule has 4 aromatic carbocycles. The molecule has 7 nitrogen and oxygen atoms in total. The molecule has 1 N–H and O–H groups in total. The molecule has 5 rings (SSSR count). The Morgan fingerprint density at radius 2 is 1.67 bits per heavy atom. The molecule has 0 saturated heterocycles. The number of hydrogen-bond donors (Lipinski definition) is 1. The lowest BCUT2D eigenvalue weighted by atomic mass is 10.1. The molecule has 2 amide bonds. The summed E-state index contributed by atoms with van der Waals surface area (Å²) in [7, 11) is 1.56. The minimum atomic E-state index is -0.572. The average Bonchev–Trinajstić information content (AvgIpc) is 2.96. The van der Waals surface area contributed by atoms with Gasteiger partial charge in [0, 0.05) is 6.54 Å². The highest BCUT2D eigenvalue weighted by Crippen LogP contribution is 2.28. The molecule has 39 heavy (non-hydrogen) atoms. The van der Waals surface area contributed by atoms with E-state index in [1.807, 2.05) is 98.8 Å². The zero-order valence-corrected chi connectivity index (χ0v) is 22.2. The maximum Gasteiger partial charge on any atom is 0.322 e. The third-order valence-electron chi connectivity index (χ3n) is 6.71. The van der Waals surface area contributed by atoms with E-state index in [-0.39, 0.29) is 11.6 Å². The second kappa shape index (κ2) is 11.2. The minimum absolute atomic E-state index is 0.183. The monoisotopic (exact) mass is 518 g/mol. The number of amides is 2. The molecule has 196 valence electrons. The molecule has 1 atom stereocenters. The second-order valence-corrected chi connectivity index (χ2v) is 9.39. The van der Waals surface area contributed by atoms with Crippen molar-refractivity contribution in [1.82, 2.24) is 14.5 Å². The summed E-state index contributed by atoms with van der Waals surface area (Å²) in [4.78, 5) is 34.4. The van der Waals surface area contributed by atoms with Gasteiger partial charge < -0.3 is 15.0 Å². The van der Waals surface area contributed by atoms with E-state index in [2.05, 4.69) is 5.32 Å². The van der Waals surface area contributed by atoms with Gasteiger partial charge in [-0.25, -0.2) is 9.78 Å². The van der Waals surface area contributed by atoms with Crippen molar-refractivity contribution in [2.75, 3.05) is 12.4 Å². The number of fused-ring (bicyclic) bond motifs is 1. The van der Waals surface area contributed by atoms with Crippen molar-refractivity contribution in [2.24, 2.45) is 0 Å². The van der Waals surface area contributed by atoms with E-state index >= 15 is 0 Å². The number of methoxy groups -OCH3 is 1. The van der Waals surface area contributed by atoms with Crippen molar-refractivity contribution in [3.05, 3.63) is 130 Å². The summed E-state index contributed by atoms with van der Waals surface area (Å²) in [5, 5.41) is 3.52. The predicted molar refractivity (Wildman–Crippen MR) is 154 cm³/mol. The largest absolute Gasteiger partial charge is 0.495 e. The first kappa shape index (κ1) is 25.7. The predicted octanol–water partition coefficient (Wildman–Crippen LogP) is 6.50. The van der Waals surface area contributed by atoms with Gasteiger partial charge in [0.05, 0.1) is 35.4 Å². The molecule has 0 fully saturated rings. The Balaban J connectivity index is 1.65. The lowest BCUT2D eigenvalue weighted by Crippen LogP contribution is -2.39. The van der Waals surface area contributed by atoms with Crippen LogP contribution in [0.4, 0.5) is 10.5 Å². The standard InChI is InChI=1S/C32H30N4O3/c1-22-12-11-15-25(20-22)36-30(33-27-17-8-7-16-26(27)31(36)37)23(2)35(21-24-13-5-4-6-14-24)32(38)34-28-18-9-10-19-29(28)39-3/h4-20,23H,21H2,1-3H3,(H,34,38). The van der Waals surface area contributed by atoms with Crippen LogP contribution in [0, 0.1) is 6.92 Å². The number of nitrogens with one attached hydrogen (secondary N) is 1. The van der Waals surface area contributed by atoms with Crippen LogP contribution in [-0.2, 0) is 6.54 Å².